The third kappa shape index (κ3) is 3.32. The van der Waals surface area contributed by atoms with E-state index in [0.29, 0.717) is 9.21 Å². The van der Waals surface area contributed by atoms with Crippen LogP contribution >= 0.6 is 22.9 Å². The number of anilines is 1. The van der Waals surface area contributed by atoms with Crippen molar-refractivity contribution in [2.24, 2.45) is 0 Å². The Morgan fingerprint density at radius 1 is 1.25 bits per heavy atom. The molecule has 1 aromatic heterocycles. The van der Waals surface area contributed by atoms with E-state index in [1.807, 2.05) is 0 Å². The summed E-state index contributed by atoms with van der Waals surface area (Å²) in [4.78, 5) is 12.7. The minimum Gasteiger partial charge on any atom is -0.398 e. The summed E-state index contributed by atoms with van der Waals surface area (Å²) in [6.07, 6.45) is -4.53. The van der Waals surface area contributed by atoms with Crippen LogP contribution in [0.3, 0.4) is 0 Å². The molecule has 2 N–H and O–H groups in total. The number of alkyl halides is 3. The fraction of sp³-hybridized carbons (Fsp3) is 0.154. The maximum atomic E-state index is 12.6. The molecule has 0 aliphatic rings. The molecule has 0 aliphatic heterocycles. The molecule has 0 radical (unpaired) electrons. The summed E-state index contributed by atoms with van der Waals surface area (Å²) in [5.41, 5.74) is 4.60. The number of rotatable bonds is 3. The van der Waals surface area contributed by atoms with E-state index in [2.05, 4.69) is 0 Å². The Bertz CT molecular complexity index is 651. The molecule has 0 fully saturated rings. The van der Waals surface area contributed by atoms with E-state index >= 15 is 0 Å². The molecule has 0 amide bonds. The van der Waals surface area contributed by atoms with Gasteiger partial charge in [-0.15, -0.1) is 11.3 Å². The molecule has 2 rings (SSSR count). The van der Waals surface area contributed by atoms with E-state index in [-0.39, 0.29) is 17.7 Å². The molecule has 0 bridgehead atoms. The molecule has 0 spiro atoms. The highest BCUT2D eigenvalue weighted by atomic mass is 35.5. The molecule has 0 aliphatic carbocycles. The number of nitrogens with two attached hydrogens (primary N) is 1. The van der Waals surface area contributed by atoms with Crippen LogP contribution in [0.25, 0.3) is 0 Å². The van der Waals surface area contributed by atoms with Crippen LogP contribution in [0.4, 0.5) is 18.9 Å². The third-order valence-corrected chi connectivity index (χ3v) is 3.88. The molecule has 7 heteroatoms. The minimum atomic E-state index is -4.50. The van der Waals surface area contributed by atoms with Crippen molar-refractivity contribution in [2.45, 2.75) is 12.6 Å². The largest absolute Gasteiger partial charge is 0.416 e. The van der Waals surface area contributed by atoms with Crippen LogP contribution < -0.4 is 5.73 Å². The Kier molecular flexibility index (Phi) is 4.06. The topological polar surface area (TPSA) is 43.1 Å². The second-order valence-electron chi connectivity index (χ2n) is 4.11. The standard InChI is InChI=1S/C13H9ClF3NOS/c14-12-4-2-8(20-12)6-11(19)9-5-7(13(15,16)17)1-3-10(9)18/h1-5H,6,18H2. The predicted molar refractivity (Wildman–Crippen MR) is 73.2 cm³/mol. The predicted octanol–water partition coefficient (Wildman–Crippen LogP) is 4.43. The lowest BCUT2D eigenvalue weighted by molar-refractivity contribution is -0.137. The Morgan fingerprint density at radius 3 is 2.50 bits per heavy atom. The first-order chi connectivity index (χ1) is 9.27. The van der Waals surface area contributed by atoms with Gasteiger partial charge < -0.3 is 5.73 Å². The van der Waals surface area contributed by atoms with Crippen LogP contribution in [0, 0.1) is 0 Å². The first-order valence-corrected chi connectivity index (χ1v) is 6.71. The lowest BCUT2D eigenvalue weighted by Crippen LogP contribution is -2.11. The second-order valence-corrected chi connectivity index (χ2v) is 5.91. The van der Waals surface area contributed by atoms with Crippen molar-refractivity contribution >= 4 is 34.4 Å². The summed E-state index contributed by atoms with van der Waals surface area (Å²) in [6, 6.07) is 6.03. The monoisotopic (exact) mass is 319 g/mol. The quantitative estimate of drug-likeness (QED) is 0.672. The van der Waals surface area contributed by atoms with Gasteiger partial charge in [0.25, 0.3) is 0 Å². The molecule has 0 saturated heterocycles. The zero-order valence-corrected chi connectivity index (χ0v) is 11.6. The maximum Gasteiger partial charge on any atom is 0.416 e. The first-order valence-electron chi connectivity index (χ1n) is 5.51. The van der Waals surface area contributed by atoms with Crippen molar-refractivity contribution in [3.05, 3.63) is 50.7 Å². The van der Waals surface area contributed by atoms with Gasteiger partial charge in [-0.25, -0.2) is 0 Å². The number of hydrogen-bond donors (Lipinski definition) is 1. The number of thiophene rings is 1. The van der Waals surface area contributed by atoms with Crippen molar-refractivity contribution < 1.29 is 18.0 Å². The molecular formula is C13H9ClF3NOS. The van der Waals surface area contributed by atoms with E-state index in [9.17, 15) is 18.0 Å². The summed E-state index contributed by atoms with van der Waals surface area (Å²) in [5, 5.41) is 0. The highest BCUT2D eigenvalue weighted by molar-refractivity contribution is 7.16. The molecular weight excluding hydrogens is 311 g/mol. The molecule has 106 valence electrons. The van der Waals surface area contributed by atoms with Crippen LogP contribution in [-0.2, 0) is 12.6 Å². The van der Waals surface area contributed by atoms with E-state index < -0.39 is 17.5 Å². The van der Waals surface area contributed by atoms with Gasteiger partial charge in [0, 0.05) is 22.5 Å². The number of hydrogen-bond acceptors (Lipinski definition) is 3. The normalized spacial score (nSPS) is 11.6. The summed E-state index contributed by atoms with van der Waals surface area (Å²) in [5.74, 6) is -0.466. The molecule has 0 atom stereocenters. The number of Topliss-reactive ketones (excluding diaryl/α,β-unsaturated/α-hetero) is 1. The lowest BCUT2D eigenvalue weighted by atomic mass is 10.0. The van der Waals surface area contributed by atoms with Gasteiger partial charge in [0.2, 0.25) is 0 Å². The zero-order valence-electron chi connectivity index (χ0n) is 10.00. The number of halogens is 4. The average Bonchev–Trinajstić information content (AvgIpc) is 2.73. The summed E-state index contributed by atoms with van der Waals surface area (Å²) in [7, 11) is 0. The molecule has 20 heavy (non-hydrogen) atoms. The Balaban J connectivity index is 2.29. The van der Waals surface area contributed by atoms with Gasteiger partial charge >= 0.3 is 6.18 Å². The van der Waals surface area contributed by atoms with Crippen molar-refractivity contribution in [1.29, 1.82) is 0 Å². The Hall–Kier alpha value is -1.53. The van der Waals surface area contributed by atoms with Gasteiger partial charge in [0.15, 0.2) is 5.78 Å². The third-order valence-electron chi connectivity index (χ3n) is 2.64. The van der Waals surface area contributed by atoms with Gasteiger partial charge in [-0.05, 0) is 30.3 Å². The number of ketones is 1. The number of carbonyl (C=O) groups is 1. The van der Waals surface area contributed by atoms with E-state index in [4.69, 9.17) is 17.3 Å². The van der Waals surface area contributed by atoms with E-state index in [0.717, 1.165) is 18.2 Å². The minimum absolute atomic E-state index is 0.0249. The van der Waals surface area contributed by atoms with Crippen LogP contribution in [0.5, 0.6) is 0 Å². The van der Waals surface area contributed by atoms with E-state index in [1.54, 1.807) is 12.1 Å². The fourth-order valence-electron chi connectivity index (χ4n) is 1.67. The van der Waals surface area contributed by atoms with Gasteiger partial charge in [-0.2, -0.15) is 13.2 Å². The molecule has 1 aromatic carbocycles. The first kappa shape index (κ1) is 14.9. The smallest absolute Gasteiger partial charge is 0.398 e. The summed E-state index contributed by atoms with van der Waals surface area (Å²) < 4.78 is 38.4. The van der Waals surface area contributed by atoms with Crippen molar-refractivity contribution in [3.63, 3.8) is 0 Å². The zero-order chi connectivity index (χ0) is 14.9. The number of nitrogen functional groups attached to an aromatic ring is 1. The highest BCUT2D eigenvalue weighted by Crippen LogP contribution is 2.32. The van der Waals surface area contributed by atoms with E-state index in [1.165, 1.54) is 11.3 Å². The lowest BCUT2D eigenvalue weighted by Gasteiger charge is -2.10. The van der Waals surface area contributed by atoms with Gasteiger partial charge in [0.1, 0.15) is 0 Å². The van der Waals surface area contributed by atoms with Crippen molar-refractivity contribution in [3.8, 4) is 0 Å². The molecule has 2 nitrogen and oxygen atoms in total. The molecule has 2 aromatic rings. The van der Waals surface area contributed by atoms with Crippen molar-refractivity contribution in [1.82, 2.24) is 0 Å². The average molecular weight is 320 g/mol. The van der Waals surface area contributed by atoms with Crippen LogP contribution in [0.2, 0.25) is 4.34 Å². The number of carbonyl (C=O) groups excluding carboxylic acids is 1. The summed E-state index contributed by atoms with van der Waals surface area (Å²) in [6.45, 7) is 0. The van der Waals surface area contributed by atoms with Gasteiger partial charge in [-0.1, -0.05) is 11.6 Å². The van der Waals surface area contributed by atoms with Crippen LogP contribution in [0.1, 0.15) is 20.8 Å². The van der Waals surface area contributed by atoms with Crippen LogP contribution in [-0.4, -0.2) is 5.78 Å². The highest BCUT2D eigenvalue weighted by Gasteiger charge is 2.31. The summed E-state index contributed by atoms with van der Waals surface area (Å²) >= 11 is 6.95. The van der Waals surface area contributed by atoms with Crippen LogP contribution in [0.15, 0.2) is 30.3 Å². The Labute approximate surface area is 122 Å². The van der Waals surface area contributed by atoms with Gasteiger partial charge in [-0.3, -0.25) is 4.79 Å². The Morgan fingerprint density at radius 2 is 1.95 bits per heavy atom. The molecule has 1 heterocycles. The SMILES string of the molecule is Nc1ccc(C(F)(F)F)cc1C(=O)Cc1ccc(Cl)s1. The number of benzene rings is 1. The van der Waals surface area contributed by atoms with Crippen molar-refractivity contribution in [2.75, 3.05) is 5.73 Å². The molecule has 0 unspecified atom stereocenters. The molecule has 0 saturated carbocycles. The van der Waals surface area contributed by atoms with Gasteiger partial charge in [0.05, 0.1) is 9.90 Å². The fourth-order valence-corrected chi connectivity index (χ4v) is 2.76. The maximum absolute atomic E-state index is 12.6. The second kappa shape index (κ2) is 5.46.